The molecule has 1 aliphatic rings. The number of aliphatic carboxylic acids is 1. The Bertz CT molecular complexity index is 435. The lowest BCUT2D eigenvalue weighted by Crippen LogP contribution is -2.39. The number of nitrogens with zero attached hydrogens (tertiary/aromatic N) is 1. The zero-order valence-electron chi connectivity index (χ0n) is 10.4. The average Bonchev–Trinajstić information content (AvgIpc) is 2.58. The maximum absolute atomic E-state index is 12.0. The summed E-state index contributed by atoms with van der Waals surface area (Å²) in [5.74, 6) is -2.48. The first-order valence-corrected chi connectivity index (χ1v) is 7.44. The number of carboxylic acids is 1. The lowest BCUT2D eigenvalue weighted by atomic mass is 10.0. The molecule has 5 nitrogen and oxygen atoms in total. The first-order valence-electron chi connectivity index (χ1n) is 5.83. The van der Waals surface area contributed by atoms with E-state index in [0.717, 1.165) is 4.31 Å². The first-order chi connectivity index (χ1) is 8.54. The molecule has 1 rings (SSSR count). The number of carbonyl (C=O) groups is 1. The van der Waals surface area contributed by atoms with Gasteiger partial charge in [-0.2, -0.15) is 17.5 Å². The Balaban J connectivity index is 2.62. The number of carboxylic acid groups (broad SMARTS) is 1. The second-order valence-electron chi connectivity index (χ2n) is 4.62. The van der Waals surface area contributed by atoms with Crippen molar-refractivity contribution in [3.05, 3.63) is 0 Å². The molecule has 1 saturated heterocycles. The molecular weight excluding hydrogens is 287 g/mol. The molecule has 0 spiro atoms. The summed E-state index contributed by atoms with van der Waals surface area (Å²) < 4.78 is 60.6. The molecule has 0 radical (unpaired) electrons. The zero-order chi connectivity index (χ0) is 14.8. The summed E-state index contributed by atoms with van der Waals surface area (Å²) in [7, 11) is -3.83. The van der Waals surface area contributed by atoms with Crippen LogP contribution in [0.3, 0.4) is 0 Å². The van der Waals surface area contributed by atoms with Crippen LogP contribution in [0.15, 0.2) is 0 Å². The van der Waals surface area contributed by atoms with Crippen molar-refractivity contribution >= 4 is 16.0 Å². The molecule has 19 heavy (non-hydrogen) atoms. The fourth-order valence-electron chi connectivity index (χ4n) is 2.21. The first kappa shape index (κ1) is 16.2. The van der Waals surface area contributed by atoms with Crippen molar-refractivity contribution in [2.75, 3.05) is 12.3 Å². The Hall–Kier alpha value is -0.830. The maximum Gasteiger partial charge on any atom is 0.389 e. The number of alkyl halides is 3. The Labute approximate surface area is 109 Å². The van der Waals surface area contributed by atoms with Crippen LogP contribution in [0.1, 0.15) is 26.2 Å². The van der Waals surface area contributed by atoms with Crippen molar-refractivity contribution in [1.29, 1.82) is 0 Å². The van der Waals surface area contributed by atoms with E-state index >= 15 is 0 Å². The molecule has 0 aromatic carbocycles. The summed E-state index contributed by atoms with van der Waals surface area (Å²) in [6.45, 7) is 1.51. The van der Waals surface area contributed by atoms with E-state index in [1.54, 1.807) is 0 Å². The summed E-state index contributed by atoms with van der Waals surface area (Å²) in [4.78, 5) is 10.9. The Morgan fingerprint density at radius 1 is 1.42 bits per heavy atom. The minimum absolute atomic E-state index is 0.0481. The fraction of sp³-hybridized carbons (Fsp3) is 0.900. The molecule has 0 aromatic heterocycles. The topological polar surface area (TPSA) is 74.7 Å². The van der Waals surface area contributed by atoms with Crippen LogP contribution in [0.2, 0.25) is 0 Å². The van der Waals surface area contributed by atoms with E-state index in [-0.39, 0.29) is 13.0 Å². The lowest BCUT2D eigenvalue weighted by Gasteiger charge is -2.22. The van der Waals surface area contributed by atoms with Gasteiger partial charge in [0.05, 0.1) is 11.7 Å². The van der Waals surface area contributed by atoms with E-state index in [2.05, 4.69) is 0 Å². The Kier molecular flexibility index (Phi) is 4.83. The number of hydrogen-bond acceptors (Lipinski definition) is 3. The van der Waals surface area contributed by atoms with Gasteiger partial charge in [0.1, 0.15) is 0 Å². The van der Waals surface area contributed by atoms with E-state index in [0.29, 0.717) is 0 Å². The molecular formula is C10H16F3NO4S. The van der Waals surface area contributed by atoms with Crippen LogP contribution in [-0.4, -0.2) is 48.3 Å². The standard InChI is InChI=1S/C10H16F3NO4S/c1-7-8(9(15)16)3-5-14(7)19(17,18)6-2-4-10(11,12)13/h7-8H,2-6H2,1H3,(H,15,16). The molecule has 0 aromatic rings. The second kappa shape index (κ2) is 5.66. The van der Waals surface area contributed by atoms with Gasteiger partial charge in [0.25, 0.3) is 0 Å². The molecule has 9 heteroatoms. The van der Waals surface area contributed by atoms with E-state index in [9.17, 15) is 26.4 Å². The Morgan fingerprint density at radius 2 is 2.00 bits per heavy atom. The predicted molar refractivity (Wildman–Crippen MR) is 61.0 cm³/mol. The highest BCUT2D eigenvalue weighted by Crippen LogP contribution is 2.28. The van der Waals surface area contributed by atoms with Crippen LogP contribution >= 0.6 is 0 Å². The summed E-state index contributed by atoms with van der Waals surface area (Å²) in [5, 5.41) is 8.88. The summed E-state index contributed by atoms with van der Waals surface area (Å²) in [6, 6.07) is -0.714. The third-order valence-corrected chi connectivity index (χ3v) is 5.27. The van der Waals surface area contributed by atoms with Gasteiger partial charge in [-0.15, -0.1) is 0 Å². The number of sulfonamides is 1. The van der Waals surface area contributed by atoms with Crippen LogP contribution in [-0.2, 0) is 14.8 Å². The van der Waals surface area contributed by atoms with E-state index in [1.165, 1.54) is 6.92 Å². The van der Waals surface area contributed by atoms with Crippen LogP contribution in [0, 0.1) is 5.92 Å². The van der Waals surface area contributed by atoms with Crippen LogP contribution < -0.4 is 0 Å². The number of halogens is 3. The quantitative estimate of drug-likeness (QED) is 0.834. The van der Waals surface area contributed by atoms with Gasteiger partial charge >= 0.3 is 12.1 Å². The van der Waals surface area contributed by atoms with Crippen molar-refractivity contribution in [3.63, 3.8) is 0 Å². The van der Waals surface area contributed by atoms with Gasteiger partial charge in [-0.3, -0.25) is 4.79 Å². The molecule has 0 amide bonds. The monoisotopic (exact) mass is 303 g/mol. The summed E-state index contributed by atoms with van der Waals surface area (Å²) in [6.07, 6.45) is -5.85. The number of rotatable bonds is 5. The van der Waals surface area contributed by atoms with Crippen molar-refractivity contribution in [1.82, 2.24) is 4.31 Å². The Morgan fingerprint density at radius 3 is 2.42 bits per heavy atom. The molecule has 1 aliphatic heterocycles. The van der Waals surface area contributed by atoms with Crippen LogP contribution in [0.4, 0.5) is 13.2 Å². The normalized spacial score (nSPS) is 25.7. The molecule has 0 bridgehead atoms. The van der Waals surface area contributed by atoms with Gasteiger partial charge in [-0.25, -0.2) is 8.42 Å². The van der Waals surface area contributed by atoms with E-state index in [4.69, 9.17) is 5.11 Å². The molecule has 0 aliphatic carbocycles. The molecule has 0 saturated carbocycles. The zero-order valence-corrected chi connectivity index (χ0v) is 11.2. The molecule has 112 valence electrons. The van der Waals surface area contributed by atoms with Crippen molar-refractivity contribution < 1.29 is 31.5 Å². The largest absolute Gasteiger partial charge is 0.481 e. The predicted octanol–water partition coefficient (Wildman–Crippen LogP) is 1.45. The van der Waals surface area contributed by atoms with Gasteiger partial charge < -0.3 is 5.11 Å². The third kappa shape index (κ3) is 4.34. The summed E-state index contributed by atoms with van der Waals surface area (Å²) in [5.41, 5.74) is 0. The molecule has 2 unspecified atom stereocenters. The van der Waals surface area contributed by atoms with Crippen LogP contribution in [0.5, 0.6) is 0 Å². The highest BCUT2D eigenvalue weighted by Gasteiger charge is 2.41. The van der Waals surface area contributed by atoms with Gasteiger partial charge in [-0.05, 0) is 19.8 Å². The molecule has 1 heterocycles. The fourth-order valence-corrected chi connectivity index (χ4v) is 3.99. The van der Waals surface area contributed by atoms with Crippen LogP contribution in [0.25, 0.3) is 0 Å². The van der Waals surface area contributed by atoms with Crippen molar-refractivity contribution in [2.24, 2.45) is 5.92 Å². The number of hydrogen-bond donors (Lipinski definition) is 1. The SMILES string of the molecule is CC1C(C(=O)O)CCN1S(=O)(=O)CCCC(F)(F)F. The minimum Gasteiger partial charge on any atom is -0.481 e. The second-order valence-corrected chi connectivity index (χ2v) is 6.66. The molecule has 1 N–H and O–H groups in total. The minimum atomic E-state index is -4.38. The maximum atomic E-state index is 12.0. The highest BCUT2D eigenvalue weighted by molar-refractivity contribution is 7.89. The van der Waals surface area contributed by atoms with Crippen molar-refractivity contribution in [2.45, 2.75) is 38.4 Å². The molecule has 1 fully saturated rings. The molecule has 2 atom stereocenters. The van der Waals surface area contributed by atoms with Crippen molar-refractivity contribution in [3.8, 4) is 0 Å². The highest BCUT2D eigenvalue weighted by atomic mass is 32.2. The van der Waals surface area contributed by atoms with Gasteiger partial charge in [0.2, 0.25) is 10.0 Å². The van der Waals surface area contributed by atoms with E-state index in [1.807, 2.05) is 0 Å². The third-order valence-electron chi connectivity index (χ3n) is 3.23. The van der Waals surface area contributed by atoms with E-state index < -0.39 is 52.7 Å². The van der Waals surface area contributed by atoms with Gasteiger partial charge in [-0.1, -0.05) is 0 Å². The van der Waals surface area contributed by atoms with Gasteiger partial charge in [0, 0.05) is 19.0 Å². The average molecular weight is 303 g/mol. The van der Waals surface area contributed by atoms with Gasteiger partial charge in [0.15, 0.2) is 0 Å². The smallest absolute Gasteiger partial charge is 0.389 e. The summed E-state index contributed by atoms with van der Waals surface area (Å²) >= 11 is 0. The lowest BCUT2D eigenvalue weighted by molar-refractivity contribution is -0.142.